The molecule has 0 aromatic heterocycles. The van der Waals surface area contributed by atoms with Crippen molar-refractivity contribution < 1.29 is 4.79 Å². The Morgan fingerprint density at radius 1 is 1.50 bits per heavy atom. The van der Waals surface area contributed by atoms with Gasteiger partial charge in [-0.25, -0.2) is 0 Å². The minimum atomic E-state index is -0.282. The van der Waals surface area contributed by atoms with E-state index in [0.29, 0.717) is 0 Å². The van der Waals surface area contributed by atoms with Crippen molar-refractivity contribution in [3.05, 3.63) is 28.7 Å². The number of halogens is 1. The van der Waals surface area contributed by atoms with Crippen molar-refractivity contribution in [2.45, 2.75) is 13.3 Å². The summed E-state index contributed by atoms with van der Waals surface area (Å²) in [6.07, 6.45) is 0.892. The van der Waals surface area contributed by atoms with Crippen LogP contribution in [0.2, 0.25) is 0 Å². The fraction of sp³-hybridized carbons (Fsp3) is 0.417. The smallest absolute Gasteiger partial charge is 0.231 e. The van der Waals surface area contributed by atoms with Crippen LogP contribution in [0.15, 0.2) is 28.7 Å². The largest absolute Gasteiger partial charge is 0.325 e. The summed E-state index contributed by atoms with van der Waals surface area (Å²) in [5.41, 5.74) is 0.551. The van der Waals surface area contributed by atoms with E-state index in [9.17, 15) is 4.79 Å². The summed E-state index contributed by atoms with van der Waals surface area (Å²) in [6, 6.07) is 7.66. The highest BCUT2D eigenvalue weighted by atomic mass is 79.9. The van der Waals surface area contributed by atoms with Gasteiger partial charge in [0.2, 0.25) is 5.91 Å². The molecule has 1 aliphatic rings. The molecule has 4 heteroatoms. The van der Waals surface area contributed by atoms with E-state index in [-0.39, 0.29) is 11.3 Å². The van der Waals surface area contributed by atoms with Crippen molar-refractivity contribution in [3.8, 4) is 0 Å². The number of anilines is 1. The van der Waals surface area contributed by atoms with Gasteiger partial charge in [-0.1, -0.05) is 12.1 Å². The molecule has 0 bridgehead atoms. The Bertz CT molecular complexity index is 400. The van der Waals surface area contributed by atoms with Crippen molar-refractivity contribution in [3.63, 3.8) is 0 Å². The average molecular weight is 283 g/mol. The van der Waals surface area contributed by atoms with Crippen LogP contribution in [0.4, 0.5) is 5.69 Å². The molecule has 1 heterocycles. The summed E-state index contributed by atoms with van der Waals surface area (Å²) in [5.74, 6) is 0.0874. The van der Waals surface area contributed by atoms with Gasteiger partial charge >= 0.3 is 0 Å². The molecule has 1 unspecified atom stereocenters. The maximum Gasteiger partial charge on any atom is 0.231 e. The van der Waals surface area contributed by atoms with Crippen molar-refractivity contribution in [1.82, 2.24) is 5.32 Å². The normalized spacial score (nSPS) is 24.4. The number of hydrogen-bond acceptors (Lipinski definition) is 2. The van der Waals surface area contributed by atoms with Crippen molar-refractivity contribution in [2.24, 2.45) is 5.41 Å². The lowest BCUT2D eigenvalue weighted by atomic mass is 9.89. The van der Waals surface area contributed by atoms with Crippen LogP contribution in [0.5, 0.6) is 0 Å². The molecule has 0 spiro atoms. The van der Waals surface area contributed by atoms with E-state index in [1.807, 2.05) is 31.2 Å². The van der Waals surface area contributed by atoms with Crippen LogP contribution in [0.1, 0.15) is 13.3 Å². The van der Waals surface area contributed by atoms with Crippen molar-refractivity contribution in [2.75, 3.05) is 18.4 Å². The Morgan fingerprint density at radius 3 is 2.88 bits per heavy atom. The fourth-order valence-corrected chi connectivity index (χ4v) is 2.23. The first-order chi connectivity index (χ1) is 7.62. The summed E-state index contributed by atoms with van der Waals surface area (Å²) in [4.78, 5) is 12.1. The monoisotopic (exact) mass is 282 g/mol. The van der Waals surface area contributed by atoms with Gasteiger partial charge in [0.15, 0.2) is 0 Å². The van der Waals surface area contributed by atoms with Crippen LogP contribution < -0.4 is 10.6 Å². The summed E-state index contributed by atoms with van der Waals surface area (Å²) in [7, 11) is 0. The fourth-order valence-electron chi connectivity index (χ4n) is 1.85. The molecule has 0 saturated carbocycles. The van der Waals surface area contributed by atoms with E-state index in [4.69, 9.17) is 0 Å². The predicted molar refractivity (Wildman–Crippen MR) is 68.4 cm³/mol. The van der Waals surface area contributed by atoms with E-state index in [2.05, 4.69) is 26.6 Å². The molecular formula is C12H15BrN2O. The molecule has 3 nitrogen and oxygen atoms in total. The standard InChI is InChI=1S/C12H15BrN2O/c1-12(6-7-14-8-12)11(16)15-10-5-3-2-4-9(10)13/h2-5,14H,6-8H2,1H3,(H,15,16). The molecule has 2 N–H and O–H groups in total. The van der Waals surface area contributed by atoms with Crippen LogP contribution in [0.25, 0.3) is 0 Å². The number of amides is 1. The van der Waals surface area contributed by atoms with E-state index in [0.717, 1.165) is 29.7 Å². The molecule has 2 rings (SSSR count). The highest BCUT2D eigenvalue weighted by Crippen LogP contribution is 2.28. The zero-order valence-electron chi connectivity index (χ0n) is 9.22. The first-order valence-electron chi connectivity index (χ1n) is 5.38. The minimum Gasteiger partial charge on any atom is -0.325 e. The number of hydrogen-bond donors (Lipinski definition) is 2. The van der Waals surface area contributed by atoms with E-state index < -0.39 is 0 Å². The Morgan fingerprint density at radius 2 is 2.25 bits per heavy atom. The zero-order valence-corrected chi connectivity index (χ0v) is 10.8. The lowest BCUT2D eigenvalue weighted by Gasteiger charge is -2.21. The highest BCUT2D eigenvalue weighted by Gasteiger charge is 2.36. The molecule has 1 amide bonds. The first-order valence-corrected chi connectivity index (χ1v) is 6.18. The van der Waals surface area contributed by atoms with Gasteiger partial charge in [0.25, 0.3) is 0 Å². The molecule has 1 aromatic rings. The van der Waals surface area contributed by atoms with Crippen LogP contribution in [0.3, 0.4) is 0 Å². The van der Waals surface area contributed by atoms with Crippen LogP contribution in [0, 0.1) is 5.41 Å². The number of para-hydroxylation sites is 1. The molecule has 1 fully saturated rings. The van der Waals surface area contributed by atoms with Crippen molar-refractivity contribution in [1.29, 1.82) is 0 Å². The van der Waals surface area contributed by atoms with Gasteiger partial charge in [-0.15, -0.1) is 0 Å². The molecule has 1 aromatic carbocycles. The Hall–Kier alpha value is -0.870. The van der Waals surface area contributed by atoms with E-state index in [1.54, 1.807) is 0 Å². The molecule has 0 aliphatic carbocycles. The van der Waals surface area contributed by atoms with Gasteiger partial charge in [0.1, 0.15) is 0 Å². The lowest BCUT2D eigenvalue weighted by molar-refractivity contribution is -0.123. The number of rotatable bonds is 2. The van der Waals surface area contributed by atoms with Crippen LogP contribution >= 0.6 is 15.9 Å². The maximum atomic E-state index is 12.1. The summed E-state index contributed by atoms with van der Waals surface area (Å²) >= 11 is 3.42. The molecule has 16 heavy (non-hydrogen) atoms. The quantitative estimate of drug-likeness (QED) is 0.875. The van der Waals surface area contributed by atoms with Gasteiger partial charge in [-0.05, 0) is 48.0 Å². The zero-order chi connectivity index (χ0) is 11.6. The second-order valence-electron chi connectivity index (χ2n) is 4.42. The number of carbonyl (C=O) groups excluding carboxylic acids is 1. The molecule has 86 valence electrons. The van der Waals surface area contributed by atoms with Crippen LogP contribution in [-0.2, 0) is 4.79 Å². The van der Waals surface area contributed by atoms with E-state index >= 15 is 0 Å². The molecular weight excluding hydrogens is 268 g/mol. The van der Waals surface area contributed by atoms with Gasteiger partial charge in [-0.3, -0.25) is 4.79 Å². The second-order valence-corrected chi connectivity index (χ2v) is 5.28. The Kier molecular flexibility index (Phi) is 3.30. The molecule has 0 radical (unpaired) electrons. The summed E-state index contributed by atoms with van der Waals surface area (Å²) in [5, 5.41) is 6.19. The van der Waals surface area contributed by atoms with Crippen LogP contribution in [-0.4, -0.2) is 19.0 Å². The van der Waals surface area contributed by atoms with Gasteiger partial charge in [0.05, 0.1) is 11.1 Å². The van der Waals surface area contributed by atoms with Gasteiger partial charge in [-0.2, -0.15) is 0 Å². The molecule has 1 atom stereocenters. The third kappa shape index (κ3) is 2.28. The van der Waals surface area contributed by atoms with E-state index in [1.165, 1.54) is 0 Å². The van der Waals surface area contributed by atoms with Gasteiger partial charge < -0.3 is 10.6 Å². The Labute approximate surface area is 104 Å². The number of carbonyl (C=O) groups is 1. The first kappa shape index (κ1) is 11.6. The SMILES string of the molecule is CC1(C(=O)Nc2ccccc2Br)CCNC1. The lowest BCUT2D eigenvalue weighted by Crippen LogP contribution is -2.35. The average Bonchev–Trinajstić information content (AvgIpc) is 2.70. The number of benzene rings is 1. The third-order valence-corrected chi connectivity index (χ3v) is 3.73. The predicted octanol–water partition coefficient (Wildman–Crippen LogP) is 2.39. The highest BCUT2D eigenvalue weighted by molar-refractivity contribution is 9.10. The summed E-state index contributed by atoms with van der Waals surface area (Å²) < 4.78 is 0.915. The molecule has 1 aliphatic heterocycles. The Balaban J connectivity index is 2.10. The third-order valence-electron chi connectivity index (χ3n) is 3.04. The summed E-state index contributed by atoms with van der Waals surface area (Å²) in [6.45, 7) is 3.67. The maximum absolute atomic E-state index is 12.1. The second kappa shape index (κ2) is 4.55. The topological polar surface area (TPSA) is 41.1 Å². The van der Waals surface area contributed by atoms with Gasteiger partial charge in [0, 0.05) is 11.0 Å². The minimum absolute atomic E-state index is 0.0874. The molecule has 1 saturated heterocycles. The van der Waals surface area contributed by atoms with Crippen molar-refractivity contribution >= 4 is 27.5 Å². The number of nitrogens with one attached hydrogen (secondary N) is 2.